The van der Waals surface area contributed by atoms with Crippen LogP contribution in [-0.2, 0) is 24.7 Å². The van der Waals surface area contributed by atoms with E-state index in [2.05, 4.69) is 14.8 Å². The summed E-state index contributed by atoms with van der Waals surface area (Å²) in [7, 11) is 4.37. The Morgan fingerprint density at radius 3 is 1.85 bits per heavy atom. The highest BCUT2D eigenvalue weighted by Crippen LogP contribution is 2.39. The molecule has 3 rings (SSSR count). The van der Waals surface area contributed by atoms with Crippen molar-refractivity contribution in [3.05, 3.63) is 88.0 Å². The molecule has 1 aromatic heterocycles. The van der Waals surface area contributed by atoms with Gasteiger partial charge in [-0.05, 0) is 30.4 Å². The summed E-state index contributed by atoms with van der Waals surface area (Å²) >= 11 is 0. The normalized spacial score (nSPS) is 11.8. The number of carbonyl (C=O) groups excluding carboxylic acids is 1. The third-order valence-corrected chi connectivity index (χ3v) is 6.09. The van der Waals surface area contributed by atoms with Gasteiger partial charge in [0.2, 0.25) is 17.9 Å². The molecule has 0 aliphatic heterocycles. The number of esters is 1. The van der Waals surface area contributed by atoms with Gasteiger partial charge in [0.15, 0.2) is 5.60 Å². The Balaban J connectivity index is 1.93. The fourth-order valence-corrected chi connectivity index (χ4v) is 4.18. The summed E-state index contributed by atoms with van der Waals surface area (Å²) in [5.41, 5.74) is -0.156. The van der Waals surface area contributed by atoms with Crippen LogP contribution in [0.3, 0.4) is 0 Å². The van der Waals surface area contributed by atoms with Crippen LogP contribution in [0.4, 0.5) is 0 Å². The highest BCUT2D eigenvalue weighted by Gasteiger charge is 2.50. The molecular formula is C28H33N3O9. The molecule has 0 bridgehead atoms. The predicted molar refractivity (Wildman–Crippen MR) is 143 cm³/mol. The van der Waals surface area contributed by atoms with Gasteiger partial charge in [-0.25, -0.2) is 4.79 Å². The molecule has 0 saturated carbocycles. The zero-order chi connectivity index (χ0) is 28.8. The zero-order valence-electron chi connectivity index (χ0n) is 22.7. The number of benzene rings is 2. The fourth-order valence-electron chi connectivity index (χ4n) is 4.18. The number of aromatic nitrogens is 2. The largest absolute Gasteiger partial charge is 0.481 e. The molecule has 1 heterocycles. The van der Waals surface area contributed by atoms with Crippen molar-refractivity contribution in [2.24, 2.45) is 0 Å². The lowest BCUT2D eigenvalue weighted by molar-refractivity contribution is -0.757. The van der Waals surface area contributed by atoms with Gasteiger partial charge in [0.25, 0.3) is 5.09 Å². The van der Waals surface area contributed by atoms with Gasteiger partial charge in [-0.2, -0.15) is 9.97 Å². The smallest absolute Gasteiger partial charge is 0.351 e. The van der Waals surface area contributed by atoms with Gasteiger partial charge in [-0.1, -0.05) is 67.1 Å². The van der Waals surface area contributed by atoms with Crippen LogP contribution in [0.2, 0.25) is 0 Å². The van der Waals surface area contributed by atoms with Gasteiger partial charge in [0.1, 0.15) is 0 Å². The quantitative estimate of drug-likeness (QED) is 0.103. The number of carbonyl (C=O) groups is 1. The first-order valence-corrected chi connectivity index (χ1v) is 12.7. The van der Waals surface area contributed by atoms with E-state index < -0.39 is 22.8 Å². The van der Waals surface area contributed by atoms with Crippen molar-refractivity contribution in [3.8, 4) is 17.8 Å². The lowest BCUT2D eigenvalue weighted by Crippen LogP contribution is -2.51. The maximum absolute atomic E-state index is 13.8. The first-order valence-electron chi connectivity index (χ1n) is 12.7. The molecule has 0 spiro atoms. The summed E-state index contributed by atoms with van der Waals surface area (Å²) in [6.07, 6.45) is 1.04. The van der Waals surface area contributed by atoms with Crippen molar-refractivity contribution in [2.45, 2.75) is 37.4 Å². The minimum absolute atomic E-state index is 0.0250. The molecule has 1 atom stereocenters. The molecule has 40 heavy (non-hydrogen) atoms. The van der Waals surface area contributed by atoms with E-state index in [-0.39, 0.29) is 31.0 Å². The molecule has 0 saturated heterocycles. The number of nitrogens with zero attached hydrogens (tertiary/aromatic N) is 3. The standard InChI is InChI=1S/C28H33N3O9/c1-35-23-20-24(36-2)30-27(29-23)40-25(26(32)38-18-12-4-5-13-19-39-31(33)34)28(37-3,21-14-8-6-9-15-21)22-16-10-7-11-17-22/h6-11,14-17,20,25H,4-5,12-13,18-19H2,1-3H3. The monoisotopic (exact) mass is 555 g/mol. The Morgan fingerprint density at radius 2 is 1.38 bits per heavy atom. The fraction of sp³-hybridized carbons (Fsp3) is 0.393. The van der Waals surface area contributed by atoms with Gasteiger partial charge >= 0.3 is 12.0 Å². The lowest BCUT2D eigenvalue weighted by Gasteiger charge is -2.38. The molecule has 0 aliphatic carbocycles. The average Bonchev–Trinajstić information content (AvgIpc) is 2.99. The summed E-state index contributed by atoms with van der Waals surface area (Å²) < 4.78 is 28.5. The first kappa shape index (κ1) is 30.1. The minimum Gasteiger partial charge on any atom is -0.481 e. The maximum Gasteiger partial charge on any atom is 0.351 e. The lowest BCUT2D eigenvalue weighted by atomic mass is 9.81. The van der Waals surface area contributed by atoms with Crippen LogP contribution >= 0.6 is 0 Å². The van der Waals surface area contributed by atoms with Gasteiger partial charge in [-0.15, -0.1) is 10.1 Å². The first-order chi connectivity index (χ1) is 19.4. The number of unbranched alkanes of at least 4 members (excludes halogenated alkanes) is 3. The maximum atomic E-state index is 13.8. The van der Waals surface area contributed by atoms with Crippen molar-refractivity contribution >= 4 is 5.97 Å². The molecule has 0 aliphatic rings. The van der Waals surface area contributed by atoms with Crippen LogP contribution in [0, 0.1) is 10.1 Å². The second kappa shape index (κ2) is 15.2. The van der Waals surface area contributed by atoms with E-state index in [9.17, 15) is 14.9 Å². The van der Waals surface area contributed by atoms with E-state index in [1.165, 1.54) is 27.4 Å². The van der Waals surface area contributed by atoms with E-state index >= 15 is 0 Å². The van der Waals surface area contributed by atoms with Crippen LogP contribution in [0.1, 0.15) is 36.8 Å². The van der Waals surface area contributed by atoms with Crippen molar-refractivity contribution in [1.29, 1.82) is 0 Å². The van der Waals surface area contributed by atoms with E-state index in [0.717, 1.165) is 0 Å². The third-order valence-electron chi connectivity index (χ3n) is 6.09. The van der Waals surface area contributed by atoms with Crippen molar-refractivity contribution in [1.82, 2.24) is 9.97 Å². The Morgan fingerprint density at radius 1 is 0.850 bits per heavy atom. The van der Waals surface area contributed by atoms with Crippen LogP contribution in [0.15, 0.2) is 66.7 Å². The molecule has 12 nitrogen and oxygen atoms in total. The summed E-state index contributed by atoms with van der Waals surface area (Å²) in [4.78, 5) is 36.9. The minimum atomic E-state index is -1.45. The van der Waals surface area contributed by atoms with E-state index in [1.54, 1.807) is 0 Å². The highest BCUT2D eigenvalue weighted by molar-refractivity contribution is 5.78. The van der Waals surface area contributed by atoms with E-state index in [0.29, 0.717) is 36.8 Å². The SMILES string of the molecule is COc1cc(OC)nc(OC(C(=O)OCCCCCCO[N+](=O)[O-])C(OC)(c2ccccc2)c2ccccc2)n1. The summed E-state index contributed by atoms with van der Waals surface area (Å²) in [6, 6.07) is 19.7. The summed E-state index contributed by atoms with van der Waals surface area (Å²) in [6.45, 7) is 0.123. The topological polar surface area (TPSA) is 141 Å². The van der Waals surface area contributed by atoms with Gasteiger partial charge in [0.05, 0.1) is 33.5 Å². The Labute approximate surface area is 232 Å². The van der Waals surface area contributed by atoms with E-state index in [4.69, 9.17) is 23.7 Å². The molecule has 0 N–H and O–H groups in total. The summed E-state index contributed by atoms with van der Waals surface area (Å²) in [5, 5.41) is 9.45. The Bertz CT molecular complexity index is 1150. The van der Waals surface area contributed by atoms with E-state index in [1.807, 2.05) is 60.7 Å². The second-order valence-corrected chi connectivity index (χ2v) is 8.54. The van der Waals surface area contributed by atoms with Gasteiger partial charge in [-0.3, -0.25) is 0 Å². The van der Waals surface area contributed by atoms with Crippen LogP contribution < -0.4 is 14.2 Å². The molecule has 2 aromatic carbocycles. The number of methoxy groups -OCH3 is 3. The van der Waals surface area contributed by atoms with Crippen molar-refractivity contribution in [3.63, 3.8) is 0 Å². The predicted octanol–water partition coefficient (Wildman–Crippen LogP) is 4.14. The second-order valence-electron chi connectivity index (χ2n) is 8.54. The van der Waals surface area contributed by atoms with Gasteiger partial charge < -0.3 is 28.5 Å². The van der Waals surface area contributed by atoms with Crippen molar-refractivity contribution in [2.75, 3.05) is 34.5 Å². The molecule has 12 heteroatoms. The number of ether oxygens (including phenoxy) is 5. The molecule has 0 amide bonds. The van der Waals surface area contributed by atoms with Crippen LogP contribution in [-0.4, -0.2) is 61.7 Å². The number of hydrogen-bond donors (Lipinski definition) is 0. The molecule has 0 radical (unpaired) electrons. The number of rotatable bonds is 17. The number of hydrogen-bond acceptors (Lipinski definition) is 11. The summed E-state index contributed by atoms with van der Waals surface area (Å²) in [5.74, 6) is -0.341. The highest BCUT2D eigenvalue weighted by atomic mass is 16.9. The molecule has 1 unspecified atom stereocenters. The average molecular weight is 556 g/mol. The Hall–Kier alpha value is -4.45. The zero-order valence-corrected chi connectivity index (χ0v) is 22.7. The Kier molecular flexibility index (Phi) is 11.5. The van der Waals surface area contributed by atoms with Gasteiger partial charge in [0, 0.05) is 7.11 Å². The molecule has 0 fully saturated rings. The third kappa shape index (κ3) is 7.79. The molecule has 3 aromatic rings. The van der Waals surface area contributed by atoms with Crippen LogP contribution in [0.25, 0.3) is 0 Å². The molecular weight excluding hydrogens is 522 g/mol. The van der Waals surface area contributed by atoms with Crippen LogP contribution in [0.5, 0.6) is 17.8 Å². The molecule has 214 valence electrons. The van der Waals surface area contributed by atoms with Crippen molar-refractivity contribution < 1.29 is 38.4 Å².